The Balaban J connectivity index is 1.47. The van der Waals surface area contributed by atoms with Gasteiger partial charge in [0.2, 0.25) is 0 Å². The minimum atomic E-state index is -4.57. The number of hydrogen-bond acceptors (Lipinski definition) is 6. The van der Waals surface area contributed by atoms with Gasteiger partial charge in [0.05, 0.1) is 6.10 Å². The predicted octanol–water partition coefficient (Wildman–Crippen LogP) is 3.74. The van der Waals surface area contributed by atoms with E-state index in [4.69, 9.17) is 0 Å². The summed E-state index contributed by atoms with van der Waals surface area (Å²) in [5, 5.41) is 13.5. The van der Waals surface area contributed by atoms with Gasteiger partial charge in [-0.25, -0.2) is 9.97 Å². The van der Waals surface area contributed by atoms with E-state index in [9.17, 15) is 18.3 Å². The Kier molecular flexibility index (Phi) is 6.19. The Morgan fingerprint density at radius 3 is 2.47 bits per heavy atom. The quantitative estimate of drug-likeness (QED) is 0.784. The van der Waals surface area contributed by atoms with Crippen LogP contribution in [0.3, 0.4) is 0 Å². The Hall–Kier alpha value is -2.26. The van der Waals surface area contributed by atoms with E-state index in [0.717, 1.165) is 57.7 Å². The summed E-state index contributed by atoms with van der Waals surface area (Å²) in [5.74, 6) is 0.116. The van der Waals surface area contributed by atoms with Crippen LogP contribution in [0.5, 0.6) is 0 Å². The van der Waals surface area contributed by atoms with Crippen molar-refractivity contribution in [2.24, 2.45) is 0 Å². The summed E-state index contributed by atoms with van der Waals surface area (Å²) in [6, 6.07) is 6.15. The highest BCUT2D eigenvalue weighted by molar-refractivity contribution is 5.53. The van der Waals surface area contributed by atoms with Crippen LogP contribution in [0, 0.1) is 0 Å². The van der Waals surface area contributed by atoms with E-state index in [2.05, 4.69) is 25.2 Å². The lowest BCUT2D eigenvalue weighted by molar-refractivity contribution is -0.141. The Labute approximate surface area is 173 Å². The van der Waals surface area contributed by atoms with Crippen LogP contribution < -0.4 is 5.32 Å². The lowest BCUT2D eigenvalue weighted by atomic mass is 9.89. The molecule has 1 aliphatic heterocycles. The molecule has 6 nitrogen and oxygen atoms in total. The molecular weight excluding hydrogens is 395 g/mol. The van der Waals surface area contributed by atoms with Crippen molar-refractivity contribution >= 4 is 5.82 Å². The first-order valence-corrected chi connectivity index (χ1v) is 10.5. The number of rotatable bonds is 4. The fourth-order valence-corrected chi connectivity index (χ4v) is 4.38. The zero-order chi connectivity index (χ0) is 21.1. The van der Waals surface area contributed by atoms with Crippen molar-refractivity contribution in [3.05, 3.63) is 36.2 Å². The van der Waals surface area contributed by atoms with Gasteiger partial charge in [-0.3, -0.25) is 9.88 Å². The third-order valence-electron chi connectivity index (χ3n) is 5.96. The molecule has 9 heteroatoms. The van der Waals surface area contributed by atoms with Gasteiger partial charge in [-0.05, 0) is 37.8 Å². The van der Waals surface area contributed by atoms with Crippen molar-refractivity contribution in [2.75, 3.05) is 18.4 Å². The Morgan fingerprint density at radius 2 is 1.80 bits per heavy atom. The summed E-state index contributed by atoms with van der Waals surface area (Å²) >= 11 is 0. The van der Waals surface area contributed by atoms with Gasteiger partial charge in [0, 0.05) is 37.4 Å². The molecule has 2 aliphatic rings. The van der Waals surface area contributed by atoms with Crippen LogP contribution >= 0.6 is 0 Å². The summed E-state index contributed by atoms with van der Waals surface area (Å²) < 4.78 is 40.1. The number of aliphatic hydroxyl groups excluding tert-OH is 1. The second-order valence-electron chi connectivity index (χ2n) is 8.05. The Morgan fingerprint density at radius 1 is 1.03 bits per heavy atom. The minimum Gasteiger partial charge on any atom is -0.391 e. The van der Waals surface area contributed by atoms with E-state index < -0.39 is 11.9 Å². The molecule has 30 heavy (non-hydrogen) atoms. The number of pyridine rings is 1. The van der Waals surface area contributed by atoms with Crippen LogP contribution in [-0.4, -0.2) is 56.2 Å². The van der Waals surface area contributed by atoms with Gasteiger partial charge in [0.1, 0.15) is 11.5 Å². The van der Waals surface area contributed by atoms with Gasteiger partial charge in [-0.15, -0.1) is 0 Å². The van der Waals surface area contributed by atoms with Crippen LogP contribution in [0.15, 0.2) is 30.5 Å². The standard InChI is InChI=1S/C21H26F3N5O/c22-21(23,24)18-13-19(28-20(27-18)15-5-3-4-10-25-15)26-14-8-11-29(12-9-14)16-6-1-2-7-17(16)30/h3-5,10,13-14,16-17,30H,1-2,6-9,11-12H2,(H,26,27,28). The molecular formula is C21H26F3N5O. The highest BCUT2D eigenvalue weighted by Crippen LogP contribution is 2.31. The molecule has 0 amide bonds. The molecule has 2 fully saturated rings. The fourth-order valence-electron chi connectivity index (χ4n) is 4.38. The third kappa shape index (κ3) is 4.89. The number of anilines is 1. The molecule has 3 heterocycles. The summed E-state index contributed by atoms with van der Waals surface area (Å²) in [6.45, 7) is 1.62. The second kappa shape index (κ2) is 8.85. The average Bonchev–Trinajstić information content (AvgIpc) is 2.75. The number of nitrogens with zero attached hydrogens (tertiary/aromatic N) is 4. The smallest absolute Gasteiger partial charge is 0.391 e. The lowest BCUT2D eigenvalue weighted by Crippen LogP contribution is -2.50. The van der Waals surface area contributed by atoms with Crippen LogP contribution in [0.1, 0.15) is 44.2 Å². The first kappa shape index (κ1) is 21.0. The number of piperidine rings is 1. The highest BCUT2D eigenvalue weighted by atomic mass is 19.4. The zero-order valence-corrected chi connectivity index (χ0v) is 16.6. The van der Waals surface area contributed by atoms with E-state index in [-0.39, 0.29) is 29.8 Å². The van der Waals surface area contributed by atoms with Crippen molar-refractivity contribution in [1.82, 2.24) is 19.9 Å². The number of aromatic nitrogens is 3. The SMILES string of the molecule is OC1CCCCC1N1CCC(Nc2cc(C(F)(F)F)nc(-c3ccccn3)n2)CC1. The minimum absolute atomic E-state index is 0.0227. The van der Waals surface area contributed by atoms with Gasteiger partial charge in [0.25, 0.3) is 0 Å². The monoisotopic (exact) mass is 421 g/mol. The van der Waals surface area contributed by atoms with E-state index >= 15 is 0 Å². The van der Waals surface area contributed by atoms with Crippen molar-refractivity contribution in [3.63, 3.8) is 0 Å². The van der Waals surface area contributed by atoms with Gasteiger partial charge >= 0.3 is 6.18 Å². The summed E-state index contributed by atoms with van der Waals surface area (Å²) in [7, 11) is 0. The maximum absolute atomic E-state index is 13.4. The number of alkyl halides is 3. The molecule has 1 saturated carbocycles. The predicted molar refractivity (Wildman–Crippen MR) is 107 cm³/mol. The van der Waals surface area contributed by atoms with Crippen molar-refractivity contribution in [3.8, 4) is 11.5 Å². The number of aliphatic hydroxyl groups is 1. The average molecular weight is 421 g/mol. The molecule has 0 radical (unpaired) electrons. The van der Waals surface area contributed by atoms with Crippen LogP contribution in [0.4, 0.5) is 19.0 Å². The molecule has 2 N–H and O–H groups in total. The Bertz CT molecular complexity index is 840. The number of nitrogens with one attached hydrogen (secondary N) is 1. The first-order valence-electron chi connectivity index (χ1n) is 10.5. The lowest BCUT2D eigenvalue weighted by Gasteiger charge is -2.41. The zero-order valence-electron chi connectivity index (χ0n) is 16.6. The fraction of sp³-hybridized carbons (Fsp3) is 0.571. The molecule has 1 saturated heterocycles. The molecule has 2 aromatic heterocycles. The molecule has 2 atom stereocenters. The second-order valence-corrected chi connectivity index (χ2v) is 8.05. The van der Waals surface area contributed by atoms with Crippen molar-refractivity contribution < 1.29 is 18.3 Å². The van der Waals surface area contributed by atoms with E-state index in [1.807, 2.05) is 0 Å². The number of halogens is 3. The molecule has 2 unspecified atom stereocenters. The number of hydrogen-bond donors (Lipinski definition) is 2. The first-order chi connectivity index (χ1) is 14.4. The third-order valence-corrected chi connectivity index (χ3v) is 5.96. The molecule has 2 aromatic rings. The largest absolute Gasteiger partial charge is 0.433 e. The van der Waals surface area contributed by atoms with Crippen molar-refractivity contribution in [2.45, 2.75) is 62.9 Å². The summed E-state index contributed by atoms with van der Waals surface area (Å²) in [5.41, 5.74) is -0.684. The molecule has 0 spiro atoms. The maximum atomic E-state index is 13.4. The topological polar surface area (TPSA) is 74.2 Å². The van der Waals surface area contributed by atoms with Gasteiger partial charge in [0.15, 0.2) is 11.5 Å². The number of likely N-dealkylation sites (tertiary alicyclic amines) is 1. The highest BCUT2D eigenvalue weighted by Gasteiger charge is 2.35. The summed E-state index contributed by atoms with van der Waals surface area (Å²) in [4.78, 5) is 14.4. The van der Waals surface area contributed by atoms with Crippen LogP contribution in [0.25, 0.3) is 11.5 Å². The van der Waals surface area contributed by atoms with Gasteiger partial charge in [-0.2, -0.15) is 13.2 Å². The van der Waals surface area contributed by atoms with E-state index in [1.54, 1.807) is 18.2 Å². The van der Waals surface area contributed by atoms with Gasteiger partial charge < -0.3 is 10.4 Å². The van der Waals surface area contributed by atoms with E-state index in [0.29, 0.717) is 5.69 Å². The summed E-state index contributed by atoms with van der Waals surface area (Å²) in [6.07, 6.45) is 2.29. The molecule has 162 valence electrons. The van der Waals surface area contributed by atoms with Gasteiger partial charge in [-0.1, -0.05) is 18.9 Å². The van der Waals surface area contributed by atoms with Crippen LogP contribution in [0.2, 0.25) is 0 Å². The molecule has 0 bridgehead atoms. The molecule has 0 aromatic carbocycles. The normalized spacial score (nSPS) is 24.0. The van der Waals surface area contributed by atoms with E-state index in [1.165, 1.54) is 6.20 Å². The van der Waals surface area contributed by atoms with Crippen LogP contribution in [-0.2, 0) is 6.18 Å². The maximum Gasteiger partial charge on any atom is 0.433 e. The van der Waals surface area contributed by atoms with Crippen molar-refractivity contribution in [1.29, 1.82) is 0 Å². The molecule has 4 rings (SSSR count). The molecule has 1 aliphatic carbocycles.